The summed E-state index contributed by atoms with van der Waals surface area (Å²) in [5.74, 6) is 0.558. The SMILES string of the molecule is Cc1cc(=O)n2c(n1)SC[C@@H]2CC(=O)Nc1nccs1. The Bertz CT molecular complexity index is 696. The van der Waals surface area contributed by atoms with Gasteiger partial charge in [0, 0.05) is 35.5 Å². The molecule has 3 rings (SSSR count). The monoisotopic (exact) mass is 308 g/mol. The van der Waals surface area contributed by atoms with Gasteiger partial charge in [0.15, 0.2) is 10.3 Å². The van der Waals surface area contributed by atoms with E-state index < -0.39 is 0 Å². The number of hydrogen-bond donors (Lipinski definition) is 1. The van der Waals surface area contributed by atoms with Crippen molar-refractivity contribution in [2.45, 2.75) is 24.5 Å². The van der Waals surface area contributed by atoms with Crippen LogP contribution >= 0.6 is 23.1 Å². The van der Waals surface area contributed by atoms with Crippen LogP contribution in [0.2, 0.25) is 0 Å². The number of aryl methyl sites for hydroxylation is 1. The van der Waals surface area contributed by atoms with Crippen molar-refractivity contribution in [1.82, 2.24) is 14.5 Å². The quantitative estimate of drug-likeness (QED) is 0.873. The molecule has 0 spiro atoms. The summed E-state index contributed by atoms with van der Waals surface area (Å²) in [5, 5.41) is 5.81. The molecule has 1 amide bonds. The van der Waals surface area contributed by atoms with Gasteiger partial charge in [-0.15, -0.1) is 11.3 Å². The highest BCUT2D eigenvalue weighted by Gasteiger charge is 2.27. The Morgan fingerprint density at radius 2 is 2.45 bits per heavy atom. The number of hydrogen-bond acceptors (Lipinski definition) is 6. The molecular weight excluding hydrogens is 296 g/mol. The number of nitrogens with one attached hydrogen (secondary N) is 1. The summed E-state index contributed by atoms with van der Waals surface area (Å²) >= 11 is 2.88. The van der Waals surface area contributed by atoms with Crippen LogP contribution in [0.3, 0.4) is 0 Å². The molecule has 104 valence electrons. The van der Waals surface area contributed by atoms with Crippen molar-refractivity contribution in [2.75, 3.05) is 11.1 Å². The van der Waals surface area contributed by atoms with Crippen molar-refractivity contribution in [2.24, 2.45) is 0 Å². The fourth-order valence-electron chi connectivity index (χ4n) is 2.08. The van der Waals surface area contributed by atoms with Gasteiger partial charge in [0.25, 0.3) is 5.56 Å². The van der Waals surface area contributed by atoms with Crippen LogP contribution in [0.5, 0.6) is 0 Å². The fourth-order valence-corrected chi connectivity index (χ4v) is 3.82. The van der Waals surface area contributed by atoms with E-state index >= 15 is 0 Å². The van der Waals surface area contributed by atoms with Crippen molar-refractivity contribution in [1.29, 1.82) is 0 Å². The Morgan fingerprint density at radius 3 is 3.20 bits per heavy atom. The molecule has 0 saturated heterocycles. The maximum Gasteiger partial charge on any atom is 0.254 e. The maximum absolute atomic E-state index is 12.0. The second-order valence-corrected chi connectivity index (χ2v) is 6.32. The van der Waals surface area contributed by atoms with Gasteiger partial charge in [0.1, 0.15) is 0 Å². The lowest BCUT2D eigenvalue weighted by Gasteiger charge is -2.12. The molecule has 1 atom stereocenters. The number of aromatic nitrogens is 3. The van der Waals surface area contributed by atoms with Crippen molar-refractivity contribution >= 4 is 34.1 Å². The molecule has 3 heterocycles. The first-order valence-electron chi connectivity index (χ1n) is 6.06. The molecule has 0 aliphatic carbocycles. The minimum absolute atomic E-state index is 0.0930. The average Bonchev–Trinajstić information content (AvgIpc) is 2.99. The maximum atomic E-state index is 12.0. The summed E-state index contributed by atoms with van der Waals surface area (Å²) in [7, 11) is 0. The zero-order valence-corrected chi connectivity index (χ0v) is 12.3. The Kier molecular flexibility index (Phi) is 3.58. The largest absolute Gasteiger partial charge is 0.302 e. The predicted molar refractivity (Wildman–Crippen MR) is 78.4 cm³/mol. The van der Waals surface area contributed by atoms with E-state index in [-0.39, 0.29) is 23.9 Å². The smallest absolute Gasteiger partial charge is 0.254 e. The van der Waals surface area contributed by atoms with Crippen LogP contribution in [0.25, 0.3) is 0 Å². The summed E-state index contributed by atoms with van der Waals surface area (Å²) in [6, 6.07) is 1.36. The van der Waals surface area contributed by atoms with Gasteiger partial charge in [0.2, 0.25) is 5.91 Å². The number of carbonyl (C=O) groups is 1. The lowest BCUT2D eigenvalue weighted by atomic mass is 10.2. The van der Waals surface area contributed by atoms with Crippen LogP contribution in [-0.4, -0.2) is 26.2 Å². The second-order valence-electron chi connectivity index (χ2n) is 4.44. The third kappa shape index (κ3) is 2.61. The van der Waals surface area contributed by atoms with E-state index in [1.807, 2.05) is 0 Å². The van der Waals surface area contributed by atoms with Gasteiger partial charge in [-0.1, -0.05) is 11.8 Å². The van der Waals surface area contributed by atoms with Crippen molar-refractivity contribution in [3.63, 3.8) is 0 Å². The number of carbonyl (C=O) groups excluding carboxylic acids is 1. The molecule has 8 heteroatoms. The van der Waals surface area contributed by atoms with Crippen molar-refractivity contribution < 1.29 is 4.79 Å². The molecule has 2 aromatic rings. The predicted octanol–water partition coefficient (Wildman–Crippen LogP) is 1.68. The standard InChI is InChI=1S/C12H12N4O2S2/c1-7-4-10(18)16-8(6-20-12(16)14-7)5-9(17)15-11-13-2-3-19-11/h2-4,8H,5-6H2,1H3,(H,13,15,17)/t8-/m0/s1. The first kappa shape index (κ1) is 13.3. The van der Waals surface area contributed by atoms with Crippen LogP contribution in [0.15, 0.2) is 27.6 Å². The molecule has 0 fully saturated rings. The number of anilines is 1. The zero-order valence-electron chi connectivity index (χ0n) is 10.7. The van der Waals surface area contributed by atoms with Crippen LogP contribution in [0.1, 0.15) is 18.2 Å². The van der Waals surface area contributed by atoms with Crippen molar-refractivity contribution in [3.8, 4) is 0 Å². The van der Waals surface area contributed by atoms with E-state index in [0.29, 0.717) is 21.7 Å². The highest BCUT2D eigenvalue weighted by atomic mass is 32.2. The van der Waals surface area contributed by atoms with Crippen molar-refractivity contribution in [3.05, 3.63) is 33.7 Å². The molecule has 20 heavy (non-hydrogen) atoms. The third-order valence-corrected chi connectivity index (χ3v) is 4.70. The van der Waals surface area contributed by atoms with Gasteiger partial charge in [-0.05, 0) is 6.92 Å². The molecule has 0 radical (unpaired) electrons. The molecule has 0 aromatic carbocycles. The summed E-state index contributed by atoms with van der Waals surface area (Å²) in [6.07, 6.45) is 1.89. The Hall–Kier alpha value is -1.67. The molecule has 0 unspecified atom stereocenters. The first-order chi connectivity index (χ1) is 9.63. The molecule has 1 aliphatic heterocycles. The Labute approximate surface area is 123 Å². The zero-order chi connectivity index (χ0) is 14.1. The highest BCUT2D eigenvalue weighted by Crippen LogP contribution is 2.32. The lowest BCUT2D eigenvalue weighted by Crippen LogP contribution is -2.27. The molecule has 0 saturated carbocycles. The van der Waals surface area contributed by atoms with E-state index in [0.717, 1.165) is 0 Å². The third-order valence-electron chi connectivity index (χ3n) is 2.92. The Balaban J connectivity index is 1.75. The molecule has 1 N–H and O–H groups in total. The van der Waals surface area contributed by atoms with E-state index in [1.54, 1.807) is 23.1 Å². The van der Waals surface area contributed by atoms with Crippen LogP contribution in [-0.2, 0) is 4.79 Å². The molecule has 1 aliphatic rings. The van der Waals surface area contributed by atoms with E-state index in [9.17, 15) is 9.59 Å². The van der Waals surface area contributed by atoms with Gasteiger partial charge >= 0.3 is 0 Å². The molecule has 0 bridgehead atoms. The summed E-state index contributed by atoms with van der Waals surface area (Å²) in [4.78, 5) is 32.3. The van der Waals surface area contributed by atoms with Crippen LogP contribution < -0.4 is 10.9 Å². The minimum Gasteiger partial charge on any atom is -0.302 e. The Morgan fingerprint density at radius 1 is 1.60 bits per heavy atom. The lowest BCUT2D eigenvalue weighted by molar-refractivity contribution is -0.116. The minimum atomic E-state index is -0.143. The summed E-state index contributed by atoms with van der Waals surface area (Å²) in [5.41, 5.74) is 0.617. The van der Waals surface area contributed by atoms with E-state index in [4.69, 9.17) is 0 Å². The van der Waals surface area contributed by atoms with Gasteiger partial charge < -0.3 is 5.32 Å². The number of fused-ring (bicyclic) bond motifs is 1. The summed E-state index contributed by atoms with van der Waals surface area (Å²) < 4.78 is 1.61. The summed E-state index contributed by atoms with van der Waals surface area (Å²) in [6.45, 7) is 1.80. The molecule has 2 aromatic heterocycles. The average molecular weight is 308 g/mol. The van der Waals surface area contributed by atoms with Gasteiger partial charge in [0.05, 0.1) is 6.04 Å². The van der Waals surface area contributed by atoms with Gasteiger partial charge in [-0.3, -0.25) is 14.2 Å². The number of rotatable bonds is 3. The van der Waals surface area contributed by atoms with Crippen LogP contribution in [0.4, 0.5) is 5.13 Å². The fraction of sp³-hybridized carbons (Fsp3) is 0.333. The molecule has 6 nitrogen and oxygen atoms in total. The first-order valence-corrected chi connectivity index (χ1v) is 7.92. The van der Waals surface area contributed by atoms with Crippen LogP contribution in [0, 0.1) is 6.92 Å². The molecular formula is C12H12N4O2S2. The highest BCUT2D eigenvalue weighted by molar-refractivity contribution is 7.99. The van der Waals surface area contributed by atoms with E-state index in [1.165, 1.54) is 29.2 Å². The topological polar surface area (TPSA) is 76.9 Å². The number of thioether (sulfide) groups is 1. The van der Waals surface area contributed by atoms with Gasteiger partial charge in [-0.25, -0.2) is 9.97 Å². The van der Waals surface area contributed by atoms with Gasteiger partial charge in [-0.2, -0.15) is 0 Å². The number of nitrogens with zero attached hydrogens (tertiary/aromatic N) is 3. The number of thiazole rings is 1. The normalized spacial score (nSPS) is 16.9. The second kappa shape index (κ2) is 5.37. The van der Waals surface area contributed by atoms with E-state index in [2.05, 4.69) is 15.3 Å². The number of amides is 1.